The third-order valence-corrected chi connectivity index (χ3v) is 4.79. The van der Waals surface area contributed by atoms with E-state index in [4.69, 9.17) is 4.74 Å². The summed E-state index contributed by atoms with van der Waals surface area (Å²) in [5, 5.41) is 14.0. The summed E-state index contributed by atoms with van der Waals surface area (Å²) in [6.07, 6.45) is 2.46. The Hall–Kier alpha value is -2.93. The molecule has 1 heterocycles. The van der Waals surface area contributed by atoms with Crippen molar-refractivity contribution in [1.29, 1.82) is 0 Å². The smallest absolute Gasteiger partial charge is 0.311 e. The molecule has 0 radical (unpaired) electrons. The Bertz CT molecular complexity index is 832. The van der Waals surface area contributed by atoms with Gasteiger partial charge in [-0.15, -0.1) is 0 Å². The number of benzene rings is 2. The zero-order valence-corrected chi connectivity index (χ0v) is 15.3. The van der Waals surface area contributed by atoms with E-state index in [0.717, 1.165) is 25.2 Å². The highest BCUT2D eigenvalue weighted by Gasteiger charge is 2.18. The van der Waals surface area contributed by atoms with Crippen molar-refractivity contribution in [3.8, 4) is 5.75 Å². The number of carbonyl (C=O) groups is 1. The van der Waals surface area contributed by atoms with E-state index in [2.05, 4.69) is 16.3 Å². The Labute approximate surface area is 158 Å². The topological polar surface area (TPSA) is 84.7 Å². The van der Waals surface area contributed by atoms with Gasteiger partial charge in [0.1, 0.15) is 0 Å². The van der Waals surface area contributed by atoms with Crippen LogP contribution in [0.3, 0.4) is 0 Å². The average Bonchev–Trinajstić information content (AvgIpc) is 3.19. The number of nitrogens with zero attached hydrogens (tertiary/aromatic N) is 2. The van der Waals surface area contributed by atoms with Crippen LogP contribution in [0, 0.1) is 10.1 Å². The highest BCUT2D eigenvalue weighted by Crippen LogP contribution is 2.27. The number of likely N-dealkylation sites (tertiary alicyclic amines) is 1. The molecule has 142 valence electrons. The normalized spacial score (nSPS) is 14.1. The molecular formula is C20H23N3O4. The molecule has 0 saturated carbocycles. The monoisotopic (exact) mass is 369 g/mol. The van der Waals surface area contributed by atoms with Gasteiger partial charge in [0.25, 0.3) is 5.91 Å². The Morgan fingerprint density at radius 3 is 2.56 bits per heavy atom. The number of carbonyl (C=O) groups excluding carboxylic acids is 1. The fourth-order valence-corrected chi connectivity index (χ4v) is 3.32. The molecule has 1 aliphatic heterocycles. The maximum atomic E-state index is 12.5. The fraction of sp³-hybridized carbons (Fsp3) is 0.350. The van der Waals surface area contributed by atoms with Gasteiger partial charge in [-0.05, 0) is 49.2 Å². The van der Waals surface area contributed by atoms with E-state index in [9.17, 15) is 14.9 Å². The van der Waals surface area contributed by atoms with Gasteiger partial charge in [-0.25, -0.2) is 0 Å². The average molecular weight is 369 g/mol. The van der Waals surface area contributed by atoms with Gasteiger partial charge in [0.05, 0.1) is 12.0 Å². The molecule has 7 heteroatoms. The maximum Gasteiger partial charge on any atom is 0.311 e. The molecule has 0 bridgehead atoms. The van der Waals surface area contributed by atoms with Crippen LogP contribution in [0.2, 0.25) is 0 Å². The van der Waals surface area contributed by atoms with E-state index < -0.39 is 4.92 Å². The summed E-state index contributed by atoms with van der Waals surface area (Å²) in [7, 11) is 1.36. The minimum atomic E-state index is -0.555. The highest BCUT2D eigenvalue weighted by molar-refractivity contribution is 5.95. The Morgan fingerprint density at radius 1 is 1.19 bits per heavy atom. The van der Waals surface area contributed by atoms with Crippen molar-refractivity contribution in [2.45, 2.75) is 25.9 Å². The standard InChI is InChI=1S/C20H23N3O4/c1-27-19-9-8-15(12-18(19)23(25)26)20(24)21-13-16-6-2-3-7-17(16)14-22-10-4-5-11-22/h2-3,6-9,12H,4-5,10-11,13-14H2,1H3,(H,21,24). The van der Waals surface area contributed by atoms with Crippen LogP contribution in [0.1, 0.15) is 34.3 Å². The van der Waals surface area contributed by atoms with Crippen LogP contribution in [0.15, 0.2) is 42.5 Å². The summed E-state index contributed by atoms with van der Waals surface area (Å²) in [5.41, 5.74) is 2.26. The third-order valence-electron chi connectivity index (χ3n) is 4.79. The lowest BCUT2D eigenvalue weighted by Gasteiger charge is -2.17. The molecule has 0 aromatic heterocycles. The van der Waals surface area contributed by atoms with Gasteiger partial charge in [0.15, 0.2) is 5.75 Å². The predicted molar refractivity (Wildman–Crippen MR) is 102 cm³/mol. The van der Waals surface area contributed by atoms with Gasteiger partial charge >= 0.3 is 5.69 Å². The molecular weight excluding hydrogens is 346 g/mol. The summed E-state index contributed by atoms with van der Waals surface area (Å²) in [6.45, 7) is 3.47. The molecule has 1 saturated heterocycles. The SMILES string of the molecule is COc1ccc(C(=O)NCc2ccccc2CN2CCCC2)cc1[N+](=O)[O-]. The number of amides is 1. The van der Waals surface area contributed by atoms with Crippen LogP contribution in [0.25, 0.3) is 0 Å². The van der Waals surface area contributed by atoms with Gasteiger partial charge < -0.3 is 10.1 Å². The summed E-state index contributed by atoms with van der Waals surface area (Å²) in [5.74, 6) is -0.218. The zero-order chi connectivity index (χ0) is 19.2. The molecule has 2 aromatic carbocycles. The molecule has 1 aliphatic rings. The first-order chi connectivity index (χ1) is 13.1. The number of hydrogen-bond acceptors (Lipinski definition) is 5. The Balaban J connectivity index is 1.69. The number of nitro benzene ring substituents is 1. The largest absolute Gasteiger partial charge is 0.490 e. The maximum absolute atomic E-state index is 12.5. The predicted octanol–water partition coefficient (Wildman–Crippen LogP) is 3.13. The van der Waals surface area contributed by atoms with E-state index in [1.165, 1.54) is 43.7 Å². The van der Waals surface area contributed by atoms with Crippen LogP contribution in [0.4, 0.5) is 5.69 Å². The molecule has 0 atom stereocenters. The molecule has 1 amide bonds. The first kappa shape index (κ1) is 18.8. The number of hydrogen-bond donors (Lipinski definition) is 1. The molecule has 1 N–H and O–H groups in total. The molecule has 1 fully saturated rings. The van der Waals surface area contributed by atoms with Crippen molar-refractivity contribution in [2.75, 3.05) is 20.2 Å². The highest BCUT2D eigenvalue weighted by atomic mass is 16.6. The summed E-state index contributed by atoms with van der Waals surface area (Å²) in [4.78, 5) is 25.5. The van der Waals surface area contributed by atoms with Crippen LogP contribution >= 0.6 is 0 Å². The minimum absolute atomic E-state index is 0.132. The first-order valence-electron chi connectivity index (χ1n) is 8.98. The van der Waals surface area contributed by atoms with Crippen molar-refractivity contribution in [2.24, 2.45) is 0 Å². The lowest BCUT2D eigenvalue weighted by atomic mass is 10.1. The summed E-state index contributed by atoms with van der Waals surface area (Å²) in [6, 6.07) is 12.2. The van der Waals surface area contributed by atoms with E-state index in [-0.39, 0.29) is 22.9 Å². The van der Waals surface area contributed by atoms with E-state index in [0.29, 0.717) is 6.54 Å². The quantitative estimate of drug-likeness (QED) is 0.599. The summed E-state index contributed by atoms with van der Waals surface area (Å²) >= 11 is 0. The lowest BCUT2D eigenvalue weighted by molar-refractivity contribution is -0.385. The Morgan fingerprint density at radius 2 is 1.89 bits per heavy atom. The first-order valence-corrected chi connectivity index (χ1v) is 8.98. The molecule has 2 aromatic rings. The van der Waals surface area contributed by atoms with Gasteiger partial charge in [0.2, 0.25) is 0 Å². The van der Waals surface area contributed by atoms with Gasteiger partial charge in [-0.3, -0.25) is 19.8 Å². The van der Waals surface area contributed by atoms with Crippen molar-refractivity contribution in [3.05, 3.63) is 69.3 Å². The molecule has 27 heavy (non-hydrogen) atoms. The van der Waals surface area contributed by atoms with Crippen LogP contribution in [0.5, 0.6) is 5.75 Å². The van der Waals surface area contributed by atoms with Gasteiger partial charge in [-0.2, -0.15) is 0 Å². The number of nitro groups is 1. The van der Waals surface area contributed by atoms with Crippen LogP contribution in [-0.4, -0.2) is 35.9 Å². The molecule has 0 unspecified atom stereocenters. The second-order valence-electron chi connectivity index (χ2n) is 6.58. The number of methoxy groups -OCH3 is 1. The van der Waals surface area contributed by atoms with Crippen LogP contribution < -0.4 is 10.1 Å². The zero-order valence-electron chi connectivity index (χ0n) is 15.3. The van der Waals surface area contributed by atoms with Crippen LogP contribution in [-0.2, 0) is 13.1 Å². The van der Waals surface area contributed by atoms with E-state index in [1.54, 1.807) is 0 Å². The number of nitrogens with one attached hydrogen (secondary N) is 1. The number of ether oxygens (including phenoxy) is 1. The lowest BCUT2D eigenvalue weighted by Crippen LogP contribution is -2.25. The van der Waals surface area contributed by atoms with Gasteiger partial charge in [0, 0.05) is 24.7 Å². The minimum Gasteiger partial charge on any atom is -0.490 e. The van der Waals surface area contributed by atoms with Crippen molar-refractivity contribution in [1.82, 2.24) is 10.2 Å². The molecule has 0 aliphatic carbocycles. The van der Waals surface area contributed by atoms with Crippen molar-refractivity contribution >= 4 is 11.6 Å². The Kier molecular flexibility index (Phi) is 6.03. The second-order valence-corrected chi connectivity index (χ2v) is 6.58. The second kappa shape index (κ2) is 8.64. The van der Waals surface area contributed by atoms with E-state index >= 15 is 0 Å². The molecule has 0 spiro atoms. The molecule has 7 nitrogen and oxygen atoms in total. The van der Waals surface area contributed by atoms with E-state index in [1.807, 2.05) is 18.2 Å². The van der Waals surface area contributed by atoms with Gasteiger partial charge in [-0.1, -0.05) is 24.3 Å². The number of rotatable bonds is 7. The fourth-order valence-electron chi connectivity index (χ4n) is 3.32. The molecule has 3 rings (SSSR count). The summed E-state index contributed by atoms with van der Waals surface area (Å²) < 4.78 is 4.97. The van der Waals surface area contributed by atoms with Crippen molar-refractivity contribution < 1.29 is 14.5 Å². The van der Waals surface area contributed by atoms with Crippen molar-refractivity contribution in [3.63, 3.8) is 0 Å². The third kappa shape index (κ3) is 4.62.